The molecule has 0 aromatic carbocycles. The Morgan fingerprint density at radius 3 is 2.65 bits per heavy atom. The molecule has 0 bridgehead atoms. The maximum atomic E-state index is 10.5. The second kappa shape index (κ2) is 5.68. The predicted octanol–water partition coefficient (Wildman–Crippen LogP) is 1.94. The number of hydrogen-bond donors (Lipinski definition) is 2. The van der Waals surface area contributed by atoms with Crippen LogP contribution >= 0.6 is 0 Å². The Balaban J connectivity index is 1.73. The first-order valence-electron chi connectivity index (χ1n) is 7.12. The van der Waals surface area contributed by atoms with Gasteiger partial charge in [-0.05, 0) is 50.9 Å². The third kappa shape index (κ3) is 3.67. The minimum atomic E-state index is -0.458. The Kier molecular flexibility index (Phi) is 4.45. The van der Waals surface area contributed by atoms with Crippen LogP contribution in [0.1, 0.15) is 46.0 Å². The minimum Gasteiger partial charge on any atom is -0.389 e. The molecule has 1 saturated carbocycles. The first-order chi connectivity index (χ1) is 8.09. The molecule has 0 radical (unpaired) electrons. The summed E-state index contributed by atoms with van der Waals surface area (Å²) in [5, 5.41) is 14.0. The lowest BCUT2D eigenvalue weighted by Crippen LogP contribution is -2.47. The molecule has 1 aliphatic heterocycles. The first-order valence-corrected chi connectivity index (χ1v) is 7.12. The summed E-state index contributed by atoms with van der Waals surface area (Å²) in [4.78, 5) is 0. The van der Waals surface area contributed by atoms with Crippen molar-refractivity contribution in [3.63, 3.8) is 0 Å². The van der Waals surface area contributed by atoms with E-state index in [-0.39, 0.29) is 0 Å². The summed E-state index contributed by atoms with van der Waals surface area (Å²) in [5.74, 6) is 1.41. The SMILES string of the molecule is CC1CCC(O)(CNC(C)C2CCOC2)CC1. The summed E-state index contributed by atoms with van der Waals surface area (Å²) >= 11 is 0. The number of rotatable bonds is 4. The fourth-order valence-electron chi connectivity index (χ4n) is 2.94. The summed E-state index contributed by atoms with van der Waals surface area (Å²) in [6.45, 7) is 7.03. The Bertz CT molecular complexity index is 230. The molecule has 3 heteroatoms. The van der Waals surface area contributed by atoms with Crippen molar-refractivity contribution in [3.8, 4) is 0 Å². The molecule has 1 heterocycles. The van der Waals surface area contributed by atoms with E-state index in [2.05, 4.69) is 19.2 Å². The van der Waals surface area contributed by atoms with Crippen molar-refractivity contribution in [2.75, 3.05) is 19.8 Å². The Hall–Kier alpha value is -0.120. The summed E-state index contributed by atoms with van der Waals surface area (Å²) in [7, 11) is 0. The van der Waals surface area contributed by atoms with Gasteiger partial charge in [0.05, 0.1) is 12.2 Å². The van der Waals surface area contributed by atoms with Gasteiger partial charge >= 0.3 is 0 Å². The summed E-state index contributed by atoms with van der Waals surface area (Å²) in [6, 6.07) is 0.459. The van der Waals surface area contributed by atoms with E-state index in [1.165, 1.54) is 12.8 Å². The van der Waals surface area contributed by atoms with Crippen molar-refractivity contribution >= 4 is 0 Å². The highest BCUT2D eigenvalue weighted by Crippen LogP contribution is 2.31. The molecule has 2 aliphatic rings. The molecule has 1 saturated heterocycles. The molecule has 3 nitrogen and oxygen atoms in total. The van der Waals surface area contributed by atoms with Gasteiger partial charge in [0.15, 0.2) is 0 Å². The second-order valence-corrected chi connectivity index (χ2v) is 6.20. The largest absolute Gasteiger partial charge is 0.389 e. The van der Waals surface area contributed by atoms with E-state index >= 15 is 0 Å². The molecule has 0 aromatic rings. The lowest BCUT2D eigenvalue weighted by Gasteiger charge is -2.36. The van der Waals surface area contributed by atoms with Crippen LogP contribution in [0, 0.1) is 11.8 Å². The molecule has 0 amide bonds. The van der Waals surface area contributed by atoms with Gasteiger partial charge in [-0.25, -0.2) is 0 Å². The molecule has 0 aromatic heterocycles. The van der Waals surface area contributed by atoms with Crippen molar-refractivity contribution in [3.05, 3.63) is 0 Å². The molecule has 17 heavy (non-hydrogen) atoms. The van der Waals surface area contributed by atoms with Gasteiger partial charge in [-0.15, -0.1) is 0 Å². The van der Waals surface area contributed by atoms with Crippen LogP contribution < -0.4 is 5.32 Å². The normalized spacial score (nSPS) is 40.4. The van der Waals surface area contributed by atoms with Crippen LogP contribution in [-0.2, 0) is 4.74 Å². The van der Waals surface area contributed by atoms with E-state index in [0.29, 0.717) is 12.0 Å². The van der Waals surface area contributed by atoms with Gasteiger partial charge in [0.2, 0.25) is 0 Å². The molecule has 0 spiro atoms. The fourth-order valence-corrected chi connectivity index (χ4v) is 2.94. The van der Waals surface area contributed by atoms with Gasteiger partial charge in [0.1, 0.15) is 0 Å². The zero-order valence-electron chi connectivity index (χ0n) is 11.2. The van der Waals surface area contributed by atoms with Gasteiger partial charge in [0, 0.05) is 19.2 Å². The maximum Gasteiger partial charge on any atom is 0.0771 e. The number of nitrogens with one attached hydrogen (secondary N) is 1. The summed E-state index contributed by atoms with van der Waals surface area (Å²) in [6.07, 6.45) is 5.39. The highest BCUT2D eigenvalue weighted by Gasteiger charge is 2.32. The van der Waals surface area contributed by atoms with Gasteiger partial charge in [0.25, 0.3) is 0 Å². The smallest absolute Gasteiger partial charge is 0.0771 e. The minimum absolute atomic E-state index is 0.458. The summed E-state index contributed by atoms with van der Waals surface area (Å²) < 4.78 is 5.41. The Morgan fingerprint density at radius 1 is 1.35 bits per heavy atom. The highest BCUT2D eigenvalue weighted by atomic mass is 16.5. The maximum absolute atomic E-state index is 10.5. The number of ether oxygens (including phenoxy) is 1. The number of aliphatic hydroxyl groups is 1. The van der Waals surface area contributed by atoms with Crippen LogP contribution in [0.2, 0.25) is 0 Å². The molecule has 100 valence electrons. The van der Waals surface area contributed by atoms with Crippen molar-refractivity contribution in [2.45, 2.75) is 57.6 Å². The average molecular weight is 241 g/mol. The van der Waals surface area contributed by atoms with Crippen molar-refractivity contribution < 1.29 is 9.84 Å². The van der Waals surface area contributed by atoms with Crippen LogP contribution in [0.5, 0.6) is 0 Å². The van der Waals surface area contributed by atoms with Crippen molar-refractivity contribution in [1.82, 2.24) is 5.32 Å². The Morgan fingerprint density at radius 2 is 2.06 bits per heavy atom. The van der Waals surface area contributed by atoms with Crippen LogP contribution in [0.15, 0.2) is 0 Å². The van der Waals surface area contributed by atoms with Crippen LogP contribution in [0.25, 0.3) is 0 Å². The quantitative estimate of drug-likeness (QED) is 0.790. The van der Waals surface area contributed by atoms with E-state index in [1.54, 1.807) is 0 Å². The van der Waals surface area contributed by atoms with Crippen LogP contribution in [0.3, 0.4) is 0 Å². The van der Waals surface area contributed by atoms with Crippen LogP contribution in [0.4, 0.5) is 0 Å². The van der Waals surface area contributed by atoms with E-state index in [1.807, 2.05) is 0 Å². The monoisotopic (exact) mass is 241 g/mol. The van der Waals surface area contributed by atoms with Gasteiger partial charge < -0.3 is 15.2 Å². The predicted molar refractivity (Wildman–Crippen MR) is 69.0 cm³/mol. The second-order valence-electron chi connectivity index (χ2n) is 6.20. The lowest BCUT2D eigenvalue weighted by atomic mass is 9.79. The van der Waals surface area contributed by atoms with Crippen molar-refractivity contribution in [2.24, 2.45) is 11.8 Å². The van der Waals surface area contributed by atoms with Crippen molar-refractivity contribution in [1.29, 1.82) is 0 Å². The lowest BCUT2D eigenvalue weighted by molar-refractivity contribution is -0.00924. The molecule has 2 rings (SSSR count). The van der Waals surface area contributed by atoms with E-state index < -0.39 is 5.60 Å². The molecule has 2 fully saturated rings. The molecule has 2 unspecified atom stereocenters. The Labute approximate surface area is 105 Å². The van der Waals surface area contributed by atoms with Crippen LogP contribution in [-0.4, -0.2) is 36.5 Å². The first kappa shape index (κ1) is 13.3. The molecular formula is C14H27NO2. The fraction of sp³-hybridized carbons (Fsp3) is 1.00. The molecule has 2 N–H and O–H groups in total. The van der Waals surface area contributed by atoms with Gasteiger partial charge in [-0.1, -0.05) is 6.92 Å². The molecular weight excluding hydrogens is 214 g/mol. The topological polar surface area (TPSA) is 41.5 Å². The standard InChI is InChI=1S/C14H27NO2/c1-11-3-6-14(16,7-4-11)10-15-12(2)13-5-8-17-9-13/h11-13,15-16H,3-10H2,1-2H3. The zero-order valence-corrected chi connectivity index (χ0v) is 11.2. The zero-order chi connectivity index (χ0) is 12.3. The van der Waals surface area contributed by atoms with Gasteiger partial charge in [-0.2, -0.15) is 0 Å². The van der Waals surface area contributed by atoms with E-state index in [9.17, 15) is 5.11 Å². The van der Waals surface area contributed by atoms with E-state index in [0.717, 1.165) is 44.9 Å². The highest BCUT2D eigenvalue weighted by molar-refractivity contribution is 4.88. The molecule has 2 atom stereocenters. The average Bonchev–Trinajstić information content (AvgIpc) is 2.84. The molecule has 1 aliphatic carbocycles. The van der Waals surface area contributed by atoms with Gasteiger partial charge in [-0.3, -0.25) is 0 Å². The summed E-state index contributed by atoms with van der Waals surface area (Å²) in [5.41, 5.74) is -0.458. The third-order valence-electron chi connectivity index (χ3n) is 4.63. The third-order valence-corrected chi connectivity index (χ3v) is 4.63. The van der Waals surface area contributed by atoms with E-state index in [4.69, 9.17) is 4.74 Å². The number of hydrogen-bond acceptors (Lipinski definition) is 3.